The van der Waals surface area contributed by atoms with E-state index in [1.165, 1.54) is 23.4 Å². The zero-order chi connectivity index (χ0) is 34.0. The second-order valence-corrected chi connectivity index (χ2v) is 12.5. The Bertz CT molecular complexity index is 1730. The van der Waals surface area contributed by atoms with E-state index in [0.29, 0.717) is 23.4 Å². The minimum atomic E-state index is -3.30. The van der Waals surface area contributed by atoms with Crippen LogP contribution < -0.4 is 20.3 Å². The van der Waals surface area contributed by atoms with E-state index in [1.807, 2.05) is 18.2 Å². The number of amides is 1. The molecule has 2 N–H and O–H groups in total. The second kappa shape index (κ2) is 13.9. The van der Waals surface area contributed by atoms with Gasteiger partial charge in [-0.3, -0.25) is 14.6 Å². The summed E-state index contributed by atoms with van der Waals surface area (Å²) in [6.07, 6.45) is -0.923. The summed E-state index contributed by atoms with van der Waals surface area (Å²) in [6.45, 7) is 4.69. The number of likely N-dealkylation sites (tertiary alicyclic amines) is 1. The Morgan fingerprint density at radius 2 is 1.88 bits per heavy atom. The fourth-order valence-corrected chi connectivity index (χ4v) is 6.33. The van der Waals surface area contributed by atoms with Crippen LogP contribution in [0.15, 0.2) is 48.8 Å². The molecular formula is C33H35F2N9O5. The van der Waals surface area contributed by atoms with E-state index in [9.17, 15) is 14.9 Å². The largest absolute Gasteiger partial charge is 0.483 e. The first-order valence-corrected chi connectivity index (χ1v) is 16.1. The number of carbonyl (C=O) groups excluding carboxylic acids is 2. The number of alkyl carbamates (subject to hydrolysis) is 1. The molecule has 1 aromatic heterocycles. The summed E-state index contributed by atoms with van der Waals surface area (Å²) in [4.78, 5) is 42.8. The molecule has 0 unspecified atom stereocenters. The van der Waals surface area contributed by atoms with Crippen molar-refractivity contribution >= 4 is 29.2 Å². The lowest BCUT2D eigenvalue weighted by Gasteiger charge is -2.43. The van der Waals surface area contributed by atoms with Crippen molar-refractivity contribution in [2.75, 3.05) is 75.9 Å². The van der Waals surface area contributed by atoms with E-state index < -0.39 is 36.5 Å². The van der Waals surface area contributed by atoms with Gasteiger partial charge in [-0.2, -0.15) is 10.2 Å². The van der Waals surface area contributed by atoms with Gasteiger partial charge in [-0.25, -0.2) is 23.5 Å². The molecule has 49 heavy (non-hydrogen) atoms. The van der Waals surface area contributed by atoms with E-state index >= 15 is 8.78 Å². The molecule has 14 nitrogen and oxygen atoms in total. The summed E-state index contributed by atoms with van der Waals surface area (Å²) < 4.78 is 46.1. The van der Waals surface area contributed by atoms with E-state index in [4.69, 9.17) is 14.2 Å². The Morgan fingerprint density at radius 1 is 1.08 bits per heavy atom. The standard InChI is InChI=1S/C33H35F2N9O5/c34-33(35)19-42(15-27(45)26-18-48-32(46)40-26)8-7-29(33)49-28-6-1-21(13-22(28)14-36)30-37-20-38-31(41-30)39-23-2-4-24(5-3-23)43-9-11-44(12-10-43)25-16-47-17-25/h1-6,13,20,25-26,29H,7-12,15-19H2,(H,40,46)(H,37,38,39,41)/t26-,29-/m0/s1. The lowest BCUT2D eigenvalue weighted by molar-refractivity contribution is -0.145. The number of aromatic nitrogens is 3. The Labute approximate surface area is 281 Å². The molecule has 3 aromatic rings. The minimum absolute atomic E-state index is 0.0113. The molecule has 4 fully saturated rings. The van der Waals surface area contributed by atoms with Gasteiger partial charge in [0.1, 0.15) is 30.8 Å². The topological polar surface area (TPSA) is 158 Å². The molecule has 256 valence electrons. The summed E-state index contributed by atoms with van der Waals surface area (Å²) in [5.41, 5.74) is 2.47. The molecule has 0 saturated carbocycles. The third-order valence-corrected chi connectivity index (χ3v) is 9.19. The number of halogens is 2. The molecule has 2 aromatic carbocycles. The van der Waals surface area contributed by atoms with Crippen LogP contribution in [0.4, 0.5) is 30.9 Å². The molecule has 5 heterocycles. The van der Waals surface area contributed by atoms with Crippen LogP contribution in [0.3, 0.4) is 0 Å². The molecule has 4 saturated heterocycles. The number of nitrogens with one attached hydrogen (secondary N) is 2. The van der Waals surface area contributed by atoms with Crippen LogP contribution in [0.5, 0.6) is 5.75 Å². The lowest BCUT2D eigenvalue weighted by Crippen LogP contribution is -2.56. The van der Waals surface area contributed by atoms with Crippen molar-refractivity contribution in [3.8, 4) is 23.2 Å². The molecule has 0 aliphatic carbocycles. The van der Waals surface area contributed by atoms with Gasteiger partial charge in [0.15, 0.2) is 17.7 Å². The first kappa shape index (κ1) is 32.6. The number of alkyl halides is 2. The molecule has 1 amide bonds. The molecule has 2 atom stereocenters. The van der Waals surface area contributed by atoms with Gasteiger partial charge < -0.3 is 29.7 Å². The van der Waals surface area contributed by atoms with Gasteiger partial charge in [-0.15, -0.1) is 0 Å². The van der Waals surface area contributed by atoms with Crippen LogP contribution in [0.2, 0.25) is 0 Å². The van der Waals surface area contributed by atoms with Crippen LogP contribution in [-0.2, 0) is 14.3 Å². The van der Waals surface area contributed by atoms with Crippen molar-refractivity contribution in [1.82, 2.24) is 30.1 Å². The summed E-state index contributed by atoms with van der Waals surface area (Å²) in [7, 11) is 0. The molecule has 0 bridgehead atoms. The average Bonchev–Trinajstić information content (AvgIpc) is 3.52. The summed E-state index contributed by atoms with van der Waals surface area (Å²) >= 11 is 0. The zero-order valence-corrected chi connectivity index (χ0v) is 26.6. The Balaban J connectivity index is 0.955. The maximum Gasteiger partial charge on any atom is 0.407 e. The SMILES string of the molecule is N#Cc1cc(-c2ncnc(Nc3ccc(N4CCN(C5COC5)CC4)cc3)n2)ccc1O[C@H]1CCN(CC(=O)[C@@H]2COC(=O)N2)CC1(F)F. The smallest absolute Gasteiger partial charge is 0.407 e. The van der Waals surface area contributed by atoms with Crippen LogP contribution in [0.1, 0.15) is 12.0 Å². The van der Waals surface area contributed by atoms with E-state index in [-0.39, 0.29) is 37.4 Å². The van der Waals surface area contributed by atoms with Crippen molar-refractivity contribution in [2.24, 2.45) is 0 Å². The molecule has 0 spiro atoms. The van der Waals surface area contributed by atoms with Crippen molar-refractivity contribution in [1.29, 1.82) is 5.26 Å². The lowest BCUT2D eigenvalue weighted by atomic mass is 10.0. The van der Waals surface area contributed by atoms with Crippen molar-refractivity contribution in [2.45, 2.75) is 30.5 Å². The number of nitrogens with zero attached hydrogens (tertiary/aromatic N) is 7. The predicted molar refractivity (Wildman–Crippen MR) is 172 cm³/mol. The molecular weight excluding hydrogens is 640 g/mol. The molecule has 0 radical (unpaired) electrons. The minimum Gasteiger partial charge on any atom is -0.483 e. The van der Waals surface area contributed by atoms with E-state index in [0.717, 1.165) is 50.8 Å². The van der Waals surface area contributed by atoms with Gasteiger partial charge in [0.25, 0.3) is 5.92 Å². The number of piperazine rings is 1. The Morgan fingerprint density at radius 3 is 2.55 bits per heavy atom. The maximum absolute atomic E-state index is 15.2. The van der Waals surface area contributed by atoms with Crippen molar-refractivity contribution in [3.05, 3.63) is 54.4 Å². The number of anilines is 3. The number of benzene rings is 2. The zero-order valence-electron chi connectivity index (χ0n) is 26.6. The van der Waals surface area contributed by atoms with Gasteiger partial charge >= 0.3 is 6.09 Å². The number of rotatable bonds is 10. The molecule has 4 aliphatic heterocycles. The number of carbonyl (C=O) groups is 2. The highest BCUT2D eigenvalue weighted by Crippen LogP contribution is 2.34. The summed E-state index contributed by atoms with van der Waals surface area (Å²) in [5, 5.41) is 15.4. The van der Waals surface area contributed by atoms with Crippen molar-refractivity contribution in [3.63, 3.8) is 0 Å². The number of ketones is 1. The van der Waals surface area contributed by atoms with Gasteiger partial charge in [0, 0.05) is 56.1 Å². The maximum atomic E-state index is 15.2. The number of nitriles is 1. The normalized spacial score (nSPS) is 22.8. The van der Waals surface area contributed by atoms with E-state index in [2.05, 4.69) is 47.5 Å². The highest BCUT2D eigenvalue weighted by molar-refractivity contribution is 5.90. The number of ether oxygens (including phenoxy) is 3. The molecule has 4 aliphatic rings. The van der Waals surface area contributed by atoms with Gasteiger partial charge in [0.05, 0.1) is 37.9 Å². The monoisotopic (exact) mass is 675 g/mol. The van der Waals surface area contributed by atoms with Gasteiger partial charge in [0.2, 0.25) is 5.95 Å². The number of Topliss-reactive ketones (excluding diaryl/α,β-unsaturated/α-hetero) is 1. The highest BCUT2D eigenvalue weighted by Gasteiger charge is 2.47. The number of hydrogen-bond acceptors (Lipinski definition) is 13. The van der Waals surface area contributed by atoms with Crippen LogP contribution in [-0.4, -0.2) is 126 Å². The molecule has 7 rings (SSSR count). The quantitative estimate of drug-likeness (QED) is 0.323. The Kier molecular flexibility index (Phi) is 9.21. The van der Waals surface area contributed by atoms with Crippen molar-refractivity contribution < 1.29 is 32.6 Å². The number of hydrogen-bond donors (Lipinski definition) is 2. The fourth-order valence-electron chi connectivity index (χ4n) is 6.33. The predicted octanol–water partition coefficient (Wildman–Crippen LogP) is 2.44. The van der Waals surface area contributed by atoms with E-state index in [1.54, 1.807) is 6.07 Å². The number of cyclic esters (lactones) is 1. The third-order valence-electron chi connectivity index (χ3n) is 9.19. The van der Waals surface area contributed by atoms with Crippen LogP contribution in [0, 0.1) is 11.3 Å². The number of piperidine rings is 1. The third kappa shape index (κ3) is 7.38. The Hall–Kier alpha value is -4.98. The van der Waals surface area contributed by atoms with Crippen LogP contribution in [0.25, 0.3) is 11.4 Å². The first-order valence-electron chi connectivity index (χ1n) is 16.1. The van der Waals surface area contributed by atoms with Gasteiger partial charge in [-0.05, 0) is 42.5 Å². The summed E-state index contributed by atoms with van der Waals surface area (Å²) in [6, 6.07) is 14.3. The first-order chi connectivity index (χ1) is 23.7. The highest BCUT2D eigenvalue weighted by atomic mass is 19.3. The second-order valence-electron chi connectivity index (χ2n) is 12.5. The fraction of sp³-hybridized carbons (Fsp3) is 0.455. The van der Waals surface area contributed by atoms with Gasteiger partial charge in [-0.1, -0.05) is 0 Å². The average molecular weight is 676 g/mol. The summed E-state index contributed by atoms with van der Waals surface area (Å²) in [5.74, 6) is -3.10. The molecule has 16 heteroatoms. The van der Waals surface area contributed by atoms with Crippen LogP contribution >= 0.6 is 0 Å².